The van der Waals surface area contributed by atoms with Crippen LogP contribution in [0.15, 0.2) is 34.4 Å². The Bertz CT molecular complexity index is 762. The molecule has 0 aliphatic rings. The van der Waals surface area contributed by atoms with E-state index in [0.717, 1.165) is 21.2 Å². The molecular weight excluding hydrogens is 348 g/mol. The zero-order chi connectivity index (χ0) is 15.0. The zero-order valence-corrected chi connectivity index (χ0v) is 14.6. The van der Waals surface area contributed by atoms with Crippen molar-refractivity contribution < 1.29 is 0 Å². The average molecular weight is 365 g/mol. The number of fused-ring (bicyclic) bond motifs is 1. The van der Waals surface area contributed by atoms with Crippen molar-refractivity contribution >= 4 is 37.5 Å². The third kappa shape index (κ3) is 2.63. The smallest absolute Gasteiger partial charge is 0.0809 e. The van der Waals surface area contributed by atoms with Gasteiger partial charge in [-0.3, -0.25) is 9.67 Å². The van der Waals surface area contributed by atoms with E-state index in [9.17, 15) is 0 Å². The second-order valence-corrected chi connectivity index (χ2v) is 7.01. The van der Waals surface area contributed by atoms with E-state index in [1.54, 1.807) is 11.3 Å². The maximum Gasteiger partial charge on any atom is 0.0809 e. The second-order valence-electron chi connectivity index (χ2n) is 5.21. The number of hydrogen-bond donors (Lipinski definition) is 1. The highest BCUT2D eigenvalue weighted by Crippen LogP contribution is 2.32. The molecule has 0 saturated carbocycles. The molecular formula is C15H17BrN4S. The first-order valence-electron chi connectivity index (χ1n) is 6.85. The molecule has 0 fully saturated rings. The fraction of sp³-hybridized carbons (Fsp3) is 0.333. The molecule has 3 rings (SSSR count). The third-order valence-electron chi connectivity index (χ3n) is 3.50. The van der Waals surface area contributed by atoms with Crippen LogP contribution in [0.1, 0.15) is 37.2 Å². The summed E-state index contributed by atoms with van der Waals surface area (Å²) in [4.78, 5) is 4.55. The van der Waals surface area contributed by atoms with Crippen LogP contribution < -0.4 is 5.32 Å². The topological polar surface area (TPSA) is 42.7 Å². The number of nitrogens with zero attached hydrogens (tertiary/aromatic N) is 3. The maximum absolute atomic E-state index is 4.55. The van der Waals surface area contributed by atoms with E-state index < -0.39 is 0 Å². The van der Waals surface area contributed by atoms with Gasteiger partial charge in [-0.2, -0.15) is 5.10 Å². The fourth-order valence-corrected chi connectivity index (χ4v) is 3.80. The van der Waals surface area contributed by atoms with Gasteiger partial charge >= 0.3 is 0 Å². The summed E-state index contributed by atoms with van der Waals surface area (Å²) in [5, 5.41) is 9.93. The van der Waals surface area contributed by atoms with Crippen molar-refractivity contribution in [2.45, 2.75) is 25.9 Å². The number of pyridine rings is 1. The Kier molecular flexibility index (Phi) is 4.10. The summed E-state index contributed by atoms with van der Waals surface area (Å²) >= 11 is 5.34. The Morgan fingerprint density at radius 1 is 1.33 bits per heavy atom. The monoisotopic (exact) mass is 364 g/mol. The van der Waals surface area contributed by atoms with Crippen LogP contribution in [0.4, 0.5) is 0 Å². The van der Waals surface area contributed by atoms with Crippen molar-refractivity contribution in [1.82, 2.24) is 20.1 Å². The lowest BCUT2D eigenvalue weighted by Gasteiger charge is -2.21. The number of thiophene rings is 1. The van der Waals surface area contributed by atoms with Crippen LogP contribution in [-0.2, 0) is 0 Å². The molecule has 0 aromatic carbocycles. The molecule has 0 radical (unpaired) electrons. The van der Waals surface area contributed by atoms with Crippen LogP contribution in [0, 0.1) is 0 Å². The van der Waals surface area contributed by atoms with Gasteiger partial charge in [0, 0.05) is 12.2 Å². The first kappa shape index (κ1) is 14.7. The molecule has 0 aliphatic carbocycles. The minimum atomic E-state index is 0.0586. The van der Waals surface area contributed by atoms with Crippen molar-refractivity contribution in [3.05, 3.63) is 45.6 Å². The number of nitrogens with one attached hydrogen (secondary N) is 1. The van der Waals surface area contributed by atoms with E-state index in [-0.39, 0.29) is 6.04 Å². The quantitative estimate of drug-likeness (QED) is 0.756. The Morgan fingerprint density at radius 3 is 2.86 bits per heavy atom. The van der Waals surface area contributed by atoms with Gasteiger partial charge in [0.05, 0.1) is 32.6 Å². The summed E-state index contributed by atoms with van der Waals surface area (Å²) in [5.41, 5.74) is 3.33. The Morgan fingerprint density at radius 2 is 2.14 bits per heavy atom. The van der Waals surface area contributed by atoms with E-state index >= 15 is 0 Å². The molecule has 110 valence electrons. The van der Waals surface area contributed by atoms with Crippen LogP contribution in [0.25, 0.3) is 10.2 Å². The van der Waals surface area contributed by atoms with Gasteiger partial charge in [0.25, 0.3) is 0 Å². The Hall–Kier alpha value is -1.24. The van der Waals surface area contributed by atoms with Crippen LogP contribution in [-0.4, -0.2) is 21.8 Å². The maximum atomic E-state index is 4.55. The molecule has 0 saturated heterocycles. The van der Waals surface area contributed by atoms with Gasteiger partial charge in [-0.05, 0) is 59.9 Å². The second kappa shape index (κ2) is 5.87. The number of hydrogen-bond acceptors (Lipinski definition) is 4. The standard InChI is InChI=1S/C15H17BrN4S/c1-9(2)20-15(11(16)8-19-20)14(17-3)10-6-13-12(18-7-10)4-5-21-13/h4-9,14,17H,1-3H3. The van der Waals surface area contributed by atoms with Crippen LogP contribution in [0.5, 0.6) is 0 Å². The highest BCUT2D eigenvalue weighted by atomic mass is 79.9. The summed E-state index contributed by atoms with van der Waals surface area (Å²) < 4.78 is 4.27. The van der Waals surface area contributed by atoms with Crippen LogP contribution in [0.3, 0.4) is 0 Å². The minimum Gasteiger partial charge on any atom is -0.308 e. The summed E-state index contributed by atoms with van der Waals surface area (Å²) in [5.74, 6) is 0. The molecule has 0 amide bonds. The predicted molar refractivity (Wildman–Crippen MR) is 90.8 cm³/mol. The highest BCUT2D eigenvalue weighted by molar-refractivity contribution is 9.10. The molecule has 6 heteroatoms. The van der Waals surface area contributed by atoms with Crippen molar-refractivity contribution in [2.75, 3.05) is 7.05 Å². The molecule has 3 heterocycles. The third-order valence-corrected chi connectivity index (χ3v) is 4.96. The lowest BCUT2D eigenvalue weighted by molar-refractivity contribution is 0.483. The summed E-state index contributed by atoms with van der Waals surface area (Å²) in [7, 11) is 1.97. The van der Waals surface area contributed by atoms with Crippen LogP contribution >= 0.6 is 27.3 Å². The first-order valence-corrected chi connectivity index (χ1v) is 8.52. The largest absolute Gasteiger partial charge is 0.308 e. The molecule has 3 aromatic heterocycles. The fourth-order valence-electron chi connectivity index (χ4n) is 2.51. The SMILES string of the molecule is CNC(c1cnc2ccsc2c1)c1c(Br)cnn1C(C)C. The number of rotatable bonds is 4. The molecule has 1 atom stereocenters. The Labute approximate surface area is 136 Å². The Balaban J connectivity index is 2.11. The lowest BCUT2D eigenvalue weighted by Crippen LogP contribution is -2.23. The van der Waals surface area contributed by atoms with Gasteiger partial charge in [-0.1, -0.05) is 0 Å². The van der Waals surface area contributed by atoms with Crippen molar-refractivity contribution in [1.29, 1.82) is 0 Å². The first-order chi connectivity index (χ1) is 10.1. The van der Waals surface area contributed by atoms with Crippen molar-refractivity contribution in [2.24, 2.45) is 0 Å². The van der Waals surface area contributed by atoms with Gasteiger partial charge in [0.2, 0.25) is 0 Å². The number of halogens is 1. The van der Waals surface area contributed by atoms with E-state index in [1.807, 2.05) is 30.2 Å². The molecule has 0 bridgehead atoms. The van der Waals surface area contributed by atoms with Gasteiger partial charge in [0.1, 0.15) is 0 Å². The summed E-state index contributed by atoms with van der Waals surface area (Å²) in [6.45, 7) is 4.27. The van der Waals surface area contributed by atoms with E-state index in [1.165, 1.54) is 4.70 Å². The van der Waals surface area contributed by atoms with Crippen LogP contribution in [0.2, 0.25) is 0 Å². The van der Waals surface area contributed by atoms with E-state index in [0.29, 0.717) is 6.04 Å². The molecule has 4 nitrogen and oxygen atoms in total. The molecule has 1 N–H and O–H groups in total. The minimum absolute atomic E-state index is 0.0586. The van der Waals surface area contributed by atoms with E-state index in [2.05, 4.69) is 56.6 Å². The molecule has 0 aliphatic heterocycles. The molecule has 21 heavy (non-hydrogen) atoms. The van der Waals surface area contributed by atoms with Gasteiger partial charge < -0.3 is 5.32 Å². The van der Waals surface area contributed by atoms with Crippen molar-refractivity contribution in [3.8, 4) is 0 Å². The predicted octanol–water partition coefficient (Wildman–Crippen LogP) is 4.15. The number of aromatic nitrogens is 3. The lowest BCUT2D eigenvalue weighted by atomic mass is 10.1. The van der Waals surface area contributed by atoms with Gasteiger partial charge in [0.15, 0.2) is 0 Å². The highest BCUT2D eigenvalue weighted by Gasteiger charge is 2.22. The average Bonchev–Trinajstić information content (AvgIpc) is 3.07. The molecule has 1 unspecified atom stereocenters. The molecule has 0 spiro atoms. The normalized spacial score (nSPS) is 13.2. The van der Waals surface area contributed by atoms with E-state index in [4.69, 9.17) is 0 Å². The summed E-state index contributed by atoms with van der Waals surface area (Å²) in [6, 6.07) is 4.62. The van der Waals surface area contributed by atoms with Gasteiger partial charge in [-0.25, -0.2) is 0 Å². The zero-order valence-electron chi connectivity index (χ0n) is 12.2. The summed E-state index contributed by atoms with van der Waals surface area (Å²) in [6.07, 6.45) is 3.80. The molecule has 3 aromatic rings. The van der Waals surface area contributed by atoms with Gasteiger partial charge in [-0.15, -0.1) is 11.3 Å². The van der Waals surface area contributed by atoms with Crippen molar-refractivity contribution in [3.63, 3.8) is 0 Å².